The number of piperazine rings is 1. The van der Waals surface area contributed by atoms with E-state index in [0.29, 0.717) is 37.3 Å². The van der Waals surface area contributed by atoms with Gasteiger partial charge in [0.25, 0.3) is 0 Å². The monoisotopic (exact) mass is 579 g/mol. The van der Waals surface area contributed by atoms with Crippen molar-refractivity contribution in [3.63, 3.8) is 0 Å². The Morgan fingerprint density at radius 1 is 0.829 bits per heavy atom. The van der Waals surface area contributed by atoms with E-state index in [-0.39, 0.29) is 19.5 Å². The number of pyridine rings is 1. The van der Waals surface area contributed by atoms with Crippen molar-refractivity contribution in [2.45, 2.75) is 50.7 Å². The van der Waals surface area contributed by atoms with Crippen LogP contribution < -0.4 is 0 Å². The number of halogens is 6. The second-order valence-electron chi connectivity index (χ2n) is 10.2. The van der Waals surface area contributed by atoms with Gasteiger partial charge >= 0.3 is 18.3 Å². The first-order valence-corrected chi connectivity index (χ1v) is 13.2. The molecule has 5 nitrogen and oxygen atoms in total. The summed E-state index contributed by atoms with van der Waals surface area (Å²) in [4.78, 5) is 21.1. The van der Waals surface area contributed by atoms with Crippen molar-refractivity contribution in [2.75, 3.05) is 26.2 Å². The van der Waals surface area contributed by atoms with Crippen molar-refractivity contribution in [2.24, 2.45) is 0 Å². The Hall–Kier alpha value is -3.44. The van der Waals surface area contributed by atoms with Crippen molar-refractivity contribution in [1.29, 1.82) is 0 Å². The minimum absolute atomic E-state index is 0.152. The summed E-state index contributed by atoms with van der Waals surface area (Å²) >= 11 is 0. The number of esters is 1. The molecule has 3 aromatic rings. The summed E-state index contributed by atoms with van der Waals surface area (Å²) in [7, 11) is 0. The third-order valence-corrected chi connectivity index (χ3v) is 7.56. The highest BCUT2D eigenvalue weighted by molar-refractivity contribution is 5.76. The van der Waals surface area contributed by atoms with Gasteiger partial charge in [-0.25, -0.2) is 0 Å². The number of benzene rings is 2. The van der Waals surface area contributed by atoms with Crippen LogP contribution in [0.3, 0.4) is 0 Å². The zero-order valence-electron chi connectivity index (χ0n) is 22.7. The number of aromatic nitrogens is 1. The smallest absolute Gasteiger partial charge is 0.406 e. The molecule has 1 atom stereocenters. The zero-order chi connectivity index (χ0) is 29.8. The fraction of sp³-hybridized carbons (Fsp3) is 0.400. The molecule has 220 valence electrons. The molecule has 2 heterocycles. The molecule has 0 spiro atoms. The normalized spacial score (nSPS) is 17.4. The summed E-state index contributed by atoms with van der Waals surface area (Å²) in [5.41, 5.74) is -1.71. The van der Waals surface area contributed by atoms with Crippen molar-refractivity contribution in [1.82, 2.24) is 14.8 Å². The molecule has 0 saturated carbocycles. The van der Waals surface area contributed by atoms with Crippen LogP contribution in [-0.2, 0) is 28.0 Å². The lowest BCUT2D eigenvalue weighted by molar-refractivity contribution is -0.297. The first-order valence-electron chi connectivity index (χ1n) is 13.2. The summed E-state index contributed by atoms with van der Waals surface area (Å²) in [5, 5.41) is 0. The summed E-state index contributed by atoms with van der Waals surface area (Å²) < 4.78 is 85.9. The van der Waals surface area contributed by atoms with Gasteiger partial charge in [-0.2, -0.15) is 26.3 Å². The van der Waals surface area contributed by atoms with Crippen LogP contribution in [0.2, 0.25) is 0 Å². The van der Waals surface area contributed by atoms with Crippen LogP contribution in [0.4, 0.5) is 26.3 Å². The minimum atomic E-state index is -5.50. The van der Waals surface area contributed by atoms with Gasteiger partial charge in [0.15, 0.2) is 5.41 Å². The molecule has 1 aliphatic rings. The van der Waals surface area contributed by atoms with Crippen molar-refractivity contribution in [3.8, 4) is 11.1 Å². The van der Waals surface area contributed by atoms with Gasteiger partial charge in [-0.15, -0.1) is 0 Å². The van der Waals surface area contributed by atoms with Gasteiger partial charge in [-0.1, -0.05) is 48.5 Å². The van der Waals surface area contributed by atoms with E-state index in [1.54, 1.807) is 31.5 Å². The van der Waals surface area contributed by atoms with Gasteiger partial charge in [0, 0.05) is 45.1 Å². The van der Waals surface area contributed by atoms with Crippen molar-refractivity contribution < 1.29 is 35.9 Å². The number of hydrogen-bond acceptors (Lipinski definition) is 5. The Kier molecular flexibility index (Phi) is 9.08. The average Bonchev–Trinajstić information content (AvgIpc) is 2.93. The van der Waals surface area contributed by atoms with Gasteiger partial charge < -0.3 is 4.74 Å². The Balaban J connectivity index is 1.47. The molecule has 41 heavy (non-hydrogen) atoms. The van der Waals surface area contributed by atoms with Gasteiger partial charge in [-0.05, 0) is 53.8 Å². The predicted octanol–water partition coefficient (Wildman–Crippen LogP) is 6.38. The number of carbonyl (C=O) groups is 1. The van der Waals surface area contributed by atoms with E-state index in [0.717, 1.165) is 29.8 Å². The number of nitrogens with zero attached hydrogens (tertiary/aromatic N) is 3. The standard InChI is InChI=1S/C30H31F6N3O2/c1-3-41-27(40)26-20-38(18-22-12-14-37-15-13-22)16-17-39(26)19-21-4-6-23(7-5-21)24-8-10-25(11-9-24)28(2,29(31,32)33)30(34,35)36/h4-15,26H,3,16-20H2,1-2H3. The number of ether oxygens (including phenoxy) is 1. The Labute approximate surface area is 234 Å². The maximum absolute atomic E-state index is 13.4. The molecule has 1 aromatic heterocycles. The number of carbonyl (C=O) groups excluding carboxylic acids is 1. The lowest BCUT2D eigenvalue weighted by Crippen LogP contribution is -2.56. The molecule has 0 radical (unpaired) electrons. The molecule has 0 amide bonds. The third-order valence-electron chi connectivity index (χ3n) is 7.56. The fourth-order valence-electron chi connectivity index (χ4n) is 4.94. The van der Waals surface area contributed by atoms with Crippen LogP contribution in [0.25, 0.3) is 11.1 Å². The number of hydrogen-bond donors (Lipinski definition) is 0. The Bertz CT molecular complexity index is 1280. The van der Waals surface area contributed by atoms with Crippen LogP contribution >= 0.6 is 0 Å². The third kappa shape index (κ3) is 6.73. The molecule has 0 aliphatic carbocycles. The lowest BCUT2D eigenvalue weighted by atomic mass is 9.80. The highest BCUT2D eigenvalue weighted by Gasteiger charge is 2.68. The van der Waals surface area contributed by atoms with Crippen LogP contribution in [0, 0.1) is 0 Å². The predicted molar refractivity (Wildman–Crippen MR) is 142 cm³/mol. The highest BCUT2D eigenvalue weighted by atomic mass is 19.4. The molecule has 2 aromatic carbocycles. The molecule has 11 heteroatoms. The summed E-state index contributed by atoms with van der Waals surface area (Å²) in [5.74, 6) is -0.298. The summed E-state index contributed by atoms with van der Waals surface area (Å²) in [6.45, 7) is 5.22. The van der Waals surface area contributed by atoms with Gasteiger partial charge in [-0.3, -0.25) is 19.6 Å². The first-order chi connectivity index (χ1) is 19.3. The van der Waals surface area contributed by atoms with E-state index in [4.69, 9.17) is 4.74 Å². The summed E-state index contributed by atoms with van der Waals surface area (Å²) in [6, 6.07) is 14.9. The van der Waals surface area contributed by atoms with Crippen molar-refractivity contribution >= 4 is 5.97 Å². The van der Waals surface area contributed by atoms with E-state index >= 15 is 0 Å². The van der Waals surface area contributed by atoms with E-state index in [1.807, 2.05) is 24.3 Å². The van der Waals surface area contributed by atoms with Crippen LogP contribution in [0.15, 0.2) is 73.1 Å². The largest absolute Gasteiger partial charge is 0.465 e. The highest BCUT2D eigenvalue weighted by Crippen LogP contribution is 2.51. The van der Waals surface area contributed by atoms with Crippen LogP contribution in [0.5, 0.6) is 0 Å². The fourth-order valence-corrected chi connectivity index (χ4v) is 4.94. The zero-order valence-corrected chi connectivity index (χ0v) is 22.7. The Morgan fingerprint density at radius 2 is 1.37 bits per heavy atom. The molecule has 0 N–H and O–H groups in total. The lowest BCUT2D eigenvalue weighted by Gasteiger charge is -2.40. The second kappa shape index (κ2) is 12.2. The molecular formula is C30H31F6N3O2. The molecular weight excluding hydrogens is 548 g/mol. The molecule has 1 fully saturated rings. The molecule has 4 rings (SSSR count). The number of alkyl halides is 6. The van der Waals surface area contributed by atoms with Gasteiger partial charge in [0.2, 0.25) is 0 Å². The van der Waals surface area contributed by atoms with Gasteiger partial charge in [0.05, 0.1) is 6.61 Å². The minimum Gasteiger partial charge on any atom is -0.465 e. The van der Waals surface area contributed by atoms with E-state index < -0.39 is 29.4 Å². The van der Waals surface area contributed by atoms with E-state index in [9.17, 15) is 31.1 Å². The maximum Gasteiger partial charge on any atom is 0.406 e. The quantitative estimate of drug-likeness (QED) is 0.229. The first kappa shape index (κ1) is 30.5. The summed E-state index contributed by atoms with van der Waals surface area (Å²) in [6.07, 6.45) is -7.54. The topological polar surface area (TPSA) is 45.7 Å². The Morgan fingerprint density at radius 3 is 1.90 bits per heavy atom. The van der Waals surface area contributed by atoms with Crippen LogP contribution in [0.1, 0.15) is 30.5 Å². The molecule has 1 aliphatic heterocycles. The second-order valence-corrected chi connectivity index (χ2v) is 10.2. The SMILES string of the molecule is CCOC(=O)C1CN(Cc2ccncc2)CCN1Cc1ccc(-c2ccc(C(C)(C(F)(F)F)C(F)(F)F)cc2)cc1. The van der Waals surface area contributed by atoms with E-state index in [1.165, 1.54) is 12.1 Å². The van der Waals surface area contributed by atoms with Crippen molar-refractivity contribution in [3.05, 3.63) is 89.7 Å². The van der Waals surface area contributed by atoms with E-state index in [2.05, 4.69) is 14.8 Å². The average molecular weight is 580 g/mol. The molecule has 0 bridgehead atoms. The van der Waals surface area contributed by atoms with Gasteiger partial charge in [0.1, 0.15) is 6.04 Å². The van der Waals surface area contributed by atoms with Crippen LogP contribution in [-0.4, -0.2) is 65.4 Å². The molecule has 1 saturated heterocycles. The maximum atomic E-state index is 13.4. The molecule has 1 unspecified atom stereocenters. The number of rotatable bonds is 8.